The van der Waals surface area contributed by atoms with Crippen LogP contribution in [-0.2, 0) is 0 Å². The van der Waals surface area contributed by atoms with Crippen LogP contribution in [0.4, 0.5) is 17.5 Å². The molecule has 1 atom stereocenters. The minimum absolute atomic E-state index is 0.101. The molecule has 1 N–H and O–H groups in total. The van der Waals surface area contributed by atoms with Gasteiger partial charge in [-0.15, -0.1) is 0 Å². The number of hydrogen-bond donors (Lipinski definition) is 1. The summed E-state index contributed by atoms with van der Waals surface area (Å²) < 4.78 is 5.50. The summed E-state index contributed by atoms with van der Waals surface area (Å²) >= 11 is 0. The number of pyridine rings is 1. The molecule has 0 bridgehead atoms. The molecule has 3 aromatic heterocycles. The fourth-order valence-electron chi connectivity index (χ4n) is 4.10. The van der Waals surface area contributed by atoms with Crippen LogP contribution in [0.2, 0.25) is 0 Å². The van der Waals surface area contributed by atoms with E-state index in [0.29, 0.717) is 18.1 Å². The lowest BCUT2D eigenvalue weighted by molar-refractivity contribution is 0.0988. The molecule has 5 rings (SSSR count). The second-order valence-electron chi connectivity index (χ2n) is 7.28. The average molecular weight is 390 g/mol. The number of amides is 1. The van der Waals surface area contributed by atoms with Crippen molar-refractivity contribution in [3.63, 3.8) is 0 Å². The molecule has 1 saturated heterocycles. The van der Waals surface area contributed by atoms with Crippen LogP contribution >= 0.6 is 0 Å². The maximum absolute atomic E-state index is 13.5. The smallest absolute Gasteiger partial charge is 0.263 e. The molecule has 148 valence electrons. The number of fused-ring (bicyclic) bond motifs is 3. The quantitative estimate of drug-likeness (QED) is 0.732. The van der Waals surface area contributed by atoms with Crippen molar-refractivity contribution in [3.05, 3.63) is 48.6 Å². The zero-order valence-corrected chi connectivity index (χ0v) is 16.2. The van der Waals surface area contributed by atoms with Crippen molar-refractivity contribution in [2.75, 3.05) is 34.8 Å². The van der Waals surface area contributed by atoms with Gasteiger partial charge in [0.2, 0.25) is 5.95 Å². The normalized spacial score (nSPS) is 18.4. The first-order chi connectivity index (χ1) is 14.2. The maximum Gasteiger partial charge on any atom is 0.263 e. The zero-order chi connectivity index (χ0) is 19.8. The molecule has 1 unspecified atom stereocenters. The van der Waals surface area contributed by atoms with Crippen LogP contribution < -0.4 is 15.1 Å². The number of rotatable bonds is 4. The summed E-state index contributed by atoms with van der Waals surface area (Å²) in [5.74, 6) is 1.90. The largest absolute Gasteiger partial charge is 0.464 e. The third kappa shape index (κ3) is 3.10. The Morgan fingerprint density at radius 3 is 3.07 bits per heavy atom. The monoisotopic (exact) mass is 390 g/mol. The minimum atomic E-state index is -0.101. The van der Waals surface area contributed by atoms with Crippen molar-refractivity contribution in [3.8, 4) is 11.3 Å². The summed E-state index contributed by atoms with van der Waals surface area (Å²) in [6.07, 6.45) is 8.84. The zero-order valence-electron chi connectivity index (χ0n) is 16.2. The van der Waals surface area contributed by atoms with E-state index in [9.17, 15) is 4.79 Å². The highest BCUT2D eigenvalue weighted by Gasteiger charge is 2.37. The van der Waals surface area contributed by atoms with Crippen LogP contribution in [0.1, 0.15) is 30.1 Å². The molecule has 0 saturated carbocycles. The fraction of sp³-hybridized carbons (Fsp3) is 0.333. The molecule has 29 heavy (non-hydrogen) atoms. The van der Waals surface area contributed by atoms with Gasteiger partial charge in [0.05, 0.1) is 18.1 Å². The van der Waals surface area contributed by atoms with Crippen molar-refractivity contribution in [1.29, 1.82) is 0 Å². The van der Waals surface area contributed by atoms with Crippen LogP contribution in [0.5, 0.6) is 0 Å². The molecule has 5 heterocycles. The van der Waals surface area contributed by atoms with Gasteiger partial charge in [-0.25, -0.2) is 4.98 Å². The predicted octanol–water partition coefficient (Wildman–Crippen LogP) is 3.19. The molecule has 0 radical (unpaired) electrons. The number of furan rings is 1. The highest BCUT2D eigenvalue weighted by Crippen LogP contribution is 2.34. The van der Waals surface area contributed by atoms with Crippen molar-refractivity contribution in [2.24, 2.45) is 0 Å². The third-order valence-corrected chi connectivity index (χ3v) is 5.46. The van der Waals surface area contributed by atoms with Gasteiger partial charge in [0.15, 0.2) is 0 Å². The fourth-order valence-corrected chi connectivity index (χ4v) is 4.10. The van der Waals surface area contributed by atoms with Crippen LogP contribution in [0.25, 0.3) is 11.3 Å². The summed E-state index contributed by atoms with van der Waals surface area (Å²) in [6, 6.07) is 5.89. The summed E-state index contributed by atoms with van der Waals surface area (Å²) in [7, 11) is 0. The molecule has 8 heteroatoms. The molecule has 3 aromatic rings. The Morgan fingerprint density at radius 1 is 1.31 bits per heavy atom. The van der Waals surface area contributed by atoms with E-state index in [2.05, 4.69) is 25.2 Å². The topological polar surface area (TPSA) is 87.4 Å². The highest BCUT2D eigenvalue weighted by atomic mass is 16.3. The van der Waals surface area contributed by atoms with E-state index in [-0.39, 0.29) is 11.9 Å². The van der Waals surface area contributed by atoms with Gasteiger partial charge in [-0.05, 0) is 38.0 Å². The number of hydrogen-bond acceptors (Lipinski definition) is 7. The molecule has 2 aliphatic rings. The Balaban J connectivity index is 1.57. The van der Waals surface area contributed by atoms with Gasteiger partial charge in [-0.1, -0.05) is 0 Å². The van der Waals surface area contributed by atoms with Crippen LogP contribution in [0, 0.1) is 0 Å². The van der Waals surface area contributed by atoms with E-state index in [1.807, 2.05) is 25.1 Å². The molecule has 1 amide bonds. The maximum atomic E-state index is 13.5. The highest BCUT2D eigenvalue weighted by molar-refractivity contribution is 6.10. The number of aromatic nitrogens is 3. The van der Waals surface area contributed by atoms with Gasteiger partial charge in [0.1, 0.15) is 17.1 Å². The minimum Gasteiger partial charge on any atom is -0.464 e. The van der Waals surface area contributed by atoms with E-state index in [1.54, 1.807) is 29.8 Å². The second kappa shape index (κ2) is 7.20. The first-order valence-electron chi connectivity index (χ1n) is 9.93. The lowest BCUT2D eigenvalue weighted by Gasteiger charge is -2.27. The average Bonchev–Trinajstić information content (AvgIpc) is 3.42. The van der Waals surface area contributed by atoms with Gasteiger partial charge in [0, 0.05) is 43.6 Å². The van der Waals surface area contributed by atoms with Crippen molar-refractivity contribution < 1.29 is 9.21 Å². The van der Waals surface area contributed by atoms with Crippen LogP contribution in [-0.4, -0.2) is 46.5 Å². The first kappa shape index (κ1) is 17.7. The Hall–Kier alpha value is -3.42. The van der Waals surface area contributed by atoms with Crippen LogP contribution in [0.3, 0.4) is 0 Å². The van der Waals surface area contributed by atoms with E-state index in [4.69, 9.17) is 4.42 Å². The summed E-state index contributed by atoms with van der Waals surface area (Å²) in [5, 5.41) is 3.14. The summed E-state index contributed by atoms with van der Waals surface area (Å²) in [5.41, 5.74) is 2.12. The number of anilines is 3. The van der Waals surface area contributed by atoms with E-state index in [0.717, 1.165) is 48.8 Å². The lowest BCUT2D eigenvalue weighted by Crippen LogP contribution is -2.39. The number of nitrogens with zero attached hydrogens (tertiary/aromatic N) is 5. The molecular formula is C21H22N6O2. The summed E-state index contributed by atoms with van der Waals surface area (Å²) in [6.45, 7) is 4.22. The molecule has 0 spiro atoms. The predicted molar refractivity (Wildman–Crippen MR) is 110 cm³/mol. The van der Waals surface area contributed by atoms with Gasteiger partial charge < -0.3 is 19.5 Å². The van der Waals surface area contributed by atoms with Gasteiger partial charge in [-0.2, -0.15) is 4.98 Å². The van der Waals surface area contributed by atoms with Gasteiger partial charge >= 0.3 is 0 Å². The third-order valence-electron chi connectivity index (χ3n) is 5.46. The SMILES string of the molecule is CCNc1ncc2c(n1)N1CCCC1CN(c1cncc(-c3ccco3)c1)C2=O. The van der Waals surface area contributed by atoms with Crippen LogP contribution in [0.15, 0.2) is 47.5 Å². The van der Waals surface area contributed by atoms with E-state index in [1.165, 1.54) is 0 Å². The van der Waals surface area contributed by atoms with Crippen molar-refractivity contribution in [1.82, 2.24) is 15.0 Å². The Kier molecular flexibility index (Phi) is 4.38. The van der Waals surface area contributed by atoms with E-state index >= 15 is 0 Å². The molecule has 2 aliphatic heterocycles. The molecular weight excluding hydrogens is 368 g/mol. The van der Waals surface area contributed by atoms with Gasteiger partial charge in [0.25, 0.3) is 5.91 Å². The molecule has 1 fully saturated rings. The van der Waals surface area contributed by atoms with Gasteiger partial charge in [-0.3, -0.25) is 9.78 Å². The van der Waals surface area contributed by atoms with Crippen molar-refractivity contribution >= 4 is 23.4 Å². The molecule has 0 aliphatic carbocycles. The second-order valence-corrected chi connectivity index (χ2v) is 7.28. The number of carbonyl (C=O) groups is 1. The Bertz CT molecular complexity index is 1040. The lowest BCUT2D eigenvalue weighted by atomic mass is 10.1. The molecule has 8 nitrogen and oxygen atoms in total. The number of carbonyl (C=O) groups excluding carboxylic acids is 1. The first-order valence-corrected chi connectivity index (χ1v) is 9.93. The standard InChI is InChI=1S/C21H22N6O2/c1-2-23-21-24-12-17-19(25-21)26-7-3-5-15(26)13-27(20(17)28)16-9-14(10-22-11-16)18-6-4-8-29-18/h4,6,8-12,15H,2-3,5,7,13H2,1H3,(H,23,24,25). The molecule has 0 aromatic carbocycles. The Labute approximate surface area is 168 Å². The van der Waals surface area contributed by atoms with E-state index < -0.39 is 0 Å². The number of nitrogens with one attached hydrogen (secondary N) is 1. The summed E-state index contributed by atoms with van der Waals surface area (Å²) in [4.78, 5) is 30.9. The Morgan fingerprint density at radius 2 is 2.24 bits per heavy atom. The van der Waals surface area contributed by atoms with Crippen molar-refractivity contribution in [2.45, 2.75) is 25.8 Å².